The molecule has 3 heterocycles. The number of carboxylic acids is 1. The van der Waals surface area contributed by atoms with Gasteiger partial charge in [-0.05, 0) is 60.9 Å². The van der Waals surface area contributed by atoms with Crippen LogP contribution >= 0.6 is 0 Å². The lowest BCUT2D eigenvalue weighted by atomic mass is 9.76. The molecule has 224 valence electrons. The molecule has 0 unspecified atom stereocenters. The van der Waals surface area contributed by atoms with Crippen molar-refractivity contribution >= 4 is 17.7 Å². The average Bonchev–Trinajstić information content (AvgIpc) is 3.36. The van der Waals surface area contributed by atoms with Crippen molar-refractivity contribution in [3.05, 3.63) is 59.9 Å². The minimum Gasteiger partial charge on any atom is -0.494 e. The number of nitrogen functional groups attached to an aromatic ring is 1. The molecule has 13 heteroatoms. The highest BCUT2D eigenvalue weighted by atomic mass is 19.4. The van der Waals surface area contributed by atoms with Gasteiger partial charge in [0.05, 0.1) is 6.61 Å². The maximum atomic E-state index is 15.2. The van der Waals surface area contributed by atoms with E-state index in [1.54, 1.807) is 24.3 Å². The number of piperidine rings is 1. The number of anilines is 2. The summed E-state index contributed by atoms with van der Waals surface area (Å²) in [6.45, 7) is 3.89. The minimum absolute atomic E-state index is 0.173. The fourth-order valence-electron chi connectivity index (χ4n) is 5.59. The molecule has 0 radical (unpaired) electrons. The number of aromatic nitrogens is 2. The first-order valence-corrected chi connectivity index (χ1v) is 13.6. The Morgan fingerprint density at radius 1 is 1.14 bits per heavy atom. The van der Waals surface area contributed by atoms with Gasteiger partial charge >= 0.3 is 12.1 Å². The van der Waals surface area contributed by atoms with Gasteiger partial charge in [-0.25, -0.2) is 4.39 Å². The van der Waals surface area contributed by atoms with E-state index >= 15 is 4.39 Å². The van der Waals surface area contributed by atoms with Gasteiger partial charge in [0.15, 0.2) is 0 Å². The Morgan fingerprint density at radius 3 is 2.43 bits per heavy atom. The standard InChI is InChI=1S/C29H31F4N5O4/c1-2-41-19-6-3-17(4-7-19)18-5-8-20(21(30)13-18)25(29(31,32)33)42-24-14-23(36-27(34)37-24)38-11-9-28(10-12-38)15-22(26(39)40)35-16-28/h3-8,13-14,22,25,35H,2,9-12,15-16H2,1H3,(H,39,40)(H2,34,36,37)/t22-,25+/m0/s1. The first kappa shape index (κ1) is 29.4. The molecule has 5 rings (SSSR count). The number of halogens is 4. The second kappa shape index (κ2) is 11.6. The van der Waals surface area contributed by atoms with Gasteiger partial charge in [-0.15, -0.1) is 0 Å². The fourth-order valence-corrected chi connectivity index (χ4v) is 5.59. The van der Waals surface area contributed by atoms with Crippen LogP contribution in [-0.4, -0.2) is 59.5 Å². The van der Waals surface area contributed by atoms with Gasteiger partial charge in [-0.2, -0.15) is 23.1 Å². The van der Waals surface area contributed by atoms with Crippen LogP contribution in [0.15, 0.2) is 48.5 Å². The number of ether oxygens (including phenoxy) is 2. The van der Waals surface area contributed by atoms with Crippen LogP contribution in [0.25, 0.3) is 11.1 Å². The van der Waals surface area contributed by atoms with Crippen molar-refractivity contribution in [3.63, 3.8) is 0 Å². The summed E-state index contributed by atoms with van der Waals surface area (Å²) in [4.78, 5) is 21.2. The summed E-state index contributed by atoms with van der Waals surface area (Å²) < 4.78 is 68.4. The van der Waals surface area contributed by atoms with E-state index in [2.05, 4.69) is 15.3 Å². The average molecular weight is 590 g/mol. The number of nitrogens with zero attached hydrogens (tertiary/aromatic N) is 3. The predicted molar refractivity (Wildman–Crippen MR) is 147 cm³/mol. The topological polar surface area (TPSA) is 123 Å². The molecule has 0 amide bonds. The van der Waals surface area contributed by atoms with E-state index in [1.807, 2.05) is 11.8 Å². The van der Waals surface area contributed by atoms with Crippen LogP contribution in [0, 0.1) is 11.2 Å². The van der Waals surface area contributed by atoms with Crippen LogP contribution in [0.3, 0.4) is 0 Å². The zero-order valence-corrected chi connectivity index (χ0v) is 22.8. The van der Waals surface area contributed by atoms with Crippen LogP contribution in [-0.2, 0) is 4.79 Å². The summed E-state index contributed by atoms with van der Waals surface area (Å²) >= 11 is 0. The number of alkyl halides is 3. The summed E-state index contributed by atoms with van der Waals surface area (Å²) in [5, 5.41) is 12.4. The van der Waals surface area contributed by atoms with Crippen molar-refractivity contribution in [2.45, 2.75) is 44.5 Å². The Hall–Kier alpha value is -4.13. The first-order valence-electron chi connectivity index (χ1n) is 13.6. The van der Waals surface area contributed by atoms with Crippen molar-refractivity contribution < 1.29 is 36.9 Å². The van der Waals surface area contributed by atoms with Crippen LogP contribution in [0.1, 0.15) is 37.9 Å². The molecule has 0 aliphatic carbocycles. The summed E-state index contributed by atoms with van der Waals surface area (Å²) in [5.41, 5.74) is 5.96. The zero-order chi connectivity index (χ0) is 30.1. The molecule has 42 heavy (non-hydrogen) atoms. The SMILES string of the molecule is CCOc1ccc(-c2ccc([C@@H](Oc3cc(N4CCC5(CC4)CN[C@H](C(=O)O)C5)nc(N)n3)C(F)(F)F)c(F)c2)cc1. The van der Waals surface area contributed by atoms with Crippen LogP contribution in [0.4, 0.5) is 29.3 Å². The predicted octanol–water partition coefficient (Wildman–Crippen LogP) is 4.98. The van der Waals surface area contributed by atoms with Crippen molar-refractivity contribution in [2.75, 3.05) is 36.9 Å². The van der Waals surface area contributed by atoms with E-state index < -0.39 is 41.6 Å². The van der Waals surface area contributed by atoms with Gasteiger partial charge in [-0.1, -0.05) is 24.3 Å². The number of hydrogen-bond donors (Lipinski definition) is 3. The Bertz CT molecular complexity index is 1430. The number of benzene rings is 2. The van der Waals surface area contributed by atoms with Crippen LogP contribution in [0.2, 0.25) is 0 Å². The van der Waals surface area contributed by atoms with Gasteiger partial charge in [0, 0.05) is 31.3 Å². The maximum Gasteiger partial charge on any atom is 0.429 e. The molecule has 4 N–H and O–H groups in total. The molecule has 0 bridgehead atoms. The molecule has 2 fully saturated rings. The minimum atomic E-state index is -4.96. The number of nitrogens with one attached hydrogen (secondary N) is 1. The van der Waals surface area contributed by atoms with Gasteiger partial charge in [-0.3, -0.25) is 4.79 Å². The zero-order valence-electron chi connectivity index (χ0n) is 22.8. The summed E-state index contributed by atoms with van der Waals surface area (Å²) in [5.74, 6) is -1.80. The second-order valence-corrected chi connectivity index (χ2v) is 10.6. The molecule has 3 aromatic rings. The molecule has 2 aliphatic rings. The van der Waals surface area contributed by atoms with Crippen molar-refractivity contribution in [1.82, 2.24) is 15.3 Å². The number of nitrogens with two attached hydrogens (primary N) is 1. The highest BCUT2D eigenvalue weighted by Crippen LogP contribution is 2.42. The van der Waals surface area contributed by atoms with E-state index in [-0.39, 0.29) is 17.2 Å². The number of carboxylic acid groups (broad SMARTS) is 1. The van der Waals surface area contributed by atoms with Gasteiger partial charge < -0.3 is 30.5 Å². The smallest absolute Gasteiger partial charge is 0.429 e. The second-order valence-electron chi connectivity index (χ2n) is 10.6. The van der Waals surface area contributed by atoms with Crippen molar-refractivity contribution in [1.29, 1.82) is 0 Å². The Labute approximate surface area is 239 Å². The molecule has 9 nitrogen and oxygen atoms in total. The van der Waals surface area contributed by atoms with Gasteiger partial charge in [0.25, 0.3) is 0 Å². The normalized spacial score (nSPS) is 19.1. The molecule has 0 saturated carbocycles. The van der Waals surface area contributed by atoms with Crippen molar-refractivity contribution in [3.8, 4) is 22.8 Å². The molecule has 2 aliphatic heterocycles. The number of rotatable bonds is 8. The Morgan fingerprint density at radius 2 is 1.83 bits per heavy atom. The van der Waals surface area contributed by atoms with Crippen LogP contribution < -0.4 is 25.4 Å². The van der Waals surface area contributed by atoms with Crippen LogP contribution in [0.5, 0.6) is 11.6 Å². The molecule has 1 aromatic heterocycles. The lowest BCUT2D eigenvalue weighted by Crippen LogP contribution is -2.41. The summed E-state index contributed by atoms with van der Waals surface area (Å²) in [6, 6.07) is 10.9. The van der Waals surface area contributed by atoms with Gasteiger partial charge in [0.2, 0.25) is 17.9 Å². The van der Waals surface area contributed by atoms with E-state index in [9.17, 15) is 23.1 Å². The molecular weight excluding hydrogens is 558 g/mol. The maximum absolute atomic E-state index is 15.2. The fraction of sp³-hybridized carbons (Fsp3) is 0.414. The molecule has 2 saturated heterocycles. The first-order chi connectivity index (χ1) is 20.0. The molecular formula is C29H31F4N5O4. The van der Waals surface area contributed by atoms with E-state index in [4.69, 9.17) is 15.2 Å². The third-order valence-corrected chi connectivity index (χ3v) is 7.83. The Balaban J connectivity index is 1.33. The van der Waals surface area contributed by atoms with E-state index in [1.165, 1.54) is 12.1 Å². The third kappa shape index (κ3) is 6.35. The lowest BCUT2D eigenvalue weighted by Gasteiger charge is -2.39. The highest BCUT2D eigenvalue weighted by Gasteiger charge is 2.46. The van der Waals surface area contributed by atoms with Gasteiger partial charge in [0.1, 0.15) is 23.4 Å². The summed E-state index contributed by atoms with van der Waals surface area (Å²) in [7, 11) is 0. The quantitative estimate of drug-likeness (QED) is 0.312. The largest absolute Gasteiger partial charge is 0.494 e. The molecule has 1 spiro atoms. The third-order valence-electron chi connectivity index (χ3n) is 7.83. The van der Waals surface area contributed by atoms with Crippen molar-refractivity contribution in [2.24, 2.45) is 5.41 Å². The number of hydrogen-bond acceptors (Lipinski definition) is 8. The number of aliphatic carboxylic acids is 1. The number of carbonyl (C=O) groups is 1. The monoisotopic (exact) mass is 589 g/mol. The summed E-state index contributed by atoms with van der Waals surface area (Å²) in [6.07, 6.45) is -5.76. The van der Waals surface area contributed by atoms with E-state index in [0.717, 1.165) is 12.1 Å². The highest BCUT2D eigenvalue weighted by molar-refractivity contribution is 5.74. The van der Waals surface area contributed by atoms with E-state index in [0.29, 0.717) is 62.4 Å². The lowest BCUT2D eigenvalue weighted by molar-refractivity contribution is -0.199. The molecule has 2 atom stereocenters. The Kier molecular flexibility index (Phi) is 8.13. The molecule has 2 aromatic carbocycles.